The van der Waals surface area contributed by atoms with E-state index in [0.717, 1.165) is 0 Å². The minimum absolute atomic E-state index is 0.202. The molecule has 0 aliphatic heterocycles. The lowest BCUT2D eigenvalue weighted by atomic mass is 10.3. The van der Waals surface area contributed by atoms with Crippen LogP contribution in [0.25, 0.3) is 0 Å². The minimum atomic E-state index is -1.21. The molecule has 1 rings (SSSR count). The van der Waals surface area contributed by atoms with Crippen molar-refractivity contribution in [3.05, 3.63) is 28.2 Å². The SMILES string of the molecule is CC(CC#N)S(=O)c1ccc(Cl)c(Cl)c1. The topological polar surface area (TPSA) is 40.9 Å². The largest absolute Gasteiger partial charge is 0.254 e. The summed E-state index contributed by atoms with van der Waals surface area (Å²) in [4.78, 5) is 0.604. The van der Waals surface area contributed by atoms with E-state index in [0.29, 0.717) is 14.9 Å². The molecule has 0 aliphatic rings. The highest BCUT2D eigenvalue weighted by molar-refractivity contribution is 7.85. The lowest BCUT2D eigenvalue weighted by Crippen LogP contribution is -2.09. The molecule has 2 unspecified atom stereocenters. The highest BCUT2D eigenvalue weighted by Gasteiger charge is 2.13. The number of hydrogen-bond donors (Lipinski definition) is 0. The molecule has 0 spiro atoms. The Labute approximate surface area is 101 Å². The van der Waals surface area contributed by atoms with Gasteiger partial charge in [0.05, 0.1) is 26.9 Å². The molecule has 0 fully saturated rings. The molecule has 2 nitrogen and oxygen atoms in total. The Morgan fingerprint density at radius 1 is 1.47 bits per heavy atom. The Hall–Kier alpha value is -0.560. The standard InChI is InChI=1S/C10H9Cl2NOS/c1-7(4-5-13)15(14)8-2-3-9(11)10(12)6-8/h2-3,6-7H,4H2,1H3. The minimum Gasteiger partial charge on any atom is -0.254 e. The number of nitriles is 1. The summed E-state index contributed by atoms with van der Waals surface area (Å²) in [6.45, 7) is 1.77. The molecule has 0 saturated carbocycles. The highest BCUT2D eigenvalue weighted by atomic mass is 35.5. The van der Waals surface area contributed by atoms with Crippen LogP contribution in [0.3, 0.4) is 0 Å². The second-order valence-corrected chi connectivity index (χ2v) is 5.73. The Morgan fingerprint density at radius 2 is 2.13 bits per heavy atom. The maximum atomic E-state index is 11.9. The molecule has 0 aliphatic carbocycles. The van der Waals surface area contributed by atoms with Crippen molar-refractivity contribution < 1.29 is 4.21 Å². The molecule has 0 saturated heterocycles. The number of nitrogens with zero attached hydrogens (tertiary/aromatic N) is 1. The van der Waals surface area contributed by atoms with E-state index in [9.17, 15) is 4.21 Å². The predicted molar refractivity (Wildman–Crippen MR) is 62.6 cm³/mol. The number of rotatable bonds is 3. The summed E-state index contributed by atoms with van der Waals surface area (Å²) in [5.74, 6) is 0. The highest BCUT2D eigenvalue weighted by Crippen LogP contribution is 2.25. The first kappa shape index (κ1) is 12.5. The Bertz CT molecular complexity index is 428. The first-order valence-electron chi connectivity index (χ1n) is 4.29. The number of hydrogen-bond acceptors (Lipinski definition) is 2. The van der Waals surface area contributed by atoms with E-state index < -0.39 is 10.8 Å². The van der Waals surface area contributed by atoms with Gasteiger partial charge in [0, 0.05) is 16.6 Å². The van der Waals surface area contributed by atoms with Crippen molar-refractivity contribution in [2.75, 3.05) is 0 Å². The molecule has 1 aromatic carbocycles. The molecular formula is C10H9Cl2NOS. The molecule has 5 heteroatoms. The van der Waals surface area contributed by atoms with Crippen LogP contribution in [0, 0.1) is 11.3 Å². The van der Waals surface area contributed by atoms with Gasteiger partial charge in [-0.2, -0.15) is 5.26 Å². The van der Waals surface area contributed by atoms with Crippen molar-refractivity contribution in [2.24, 2.45) is 0 Å². The van der Waals surface area contributed by atoms with Gasteiger partial charge >= 0.3 is 0 Å². The monoisotopic (exact) mass is 261 g/mol. The normalized spacial score (nSPS) is 14.3. The van der Waals surface area contributed by atoms with Crippen molar-refractivity contribution in [1.82, 2.24) is 0 Å². The van der Waals surface area contributed by atoms with E-state index >= 15 is 0 Å². The molecule has 0 heterocycles. The van der Waals surface area contributed by atoms with Gasteiger partial charge in [-0.15, -0.1) is 0 Å². The summed E-state index contributed by atoms with van der Waals surface area (Å²) >= 11 is 11.6. The van der Waals surface area contributed by atoms with Crippen LogP contribution in [0.1, 0.15) is 13.3 Å². The van der Waals surface area contributed by atoms with Gasteiger partial charge in [0.2, 0.25) is 0 Å². The molecule has 80 valence electrons. The summed E-state index contributed by atoms with van der Waals surface area (Å²) in [6.07, 6.45) is 0.257. The van der Waals surface area contributed by atoms with Gasteiger partial charge in [-0.3, -0.25) is 4.21 Å². The van der Waals surface area contributed by atoms with Crippen LogP contribution >= 0.6 is 23.2 Å². The molecule has 0 amide bonds. The summed E-state index contributed by atoms with van der Waals surface area (Å²) in [6, 6.07) is 6.84. The van der Waals surface area contributed by atoms with E-state index in [1.807, 2.05) is 6.07 Å². The van der Waals surface area contributed by atoms with Crippen LogP contribution < -0.4 is 0 Å². The molecule has 1 aromatic rings. The zero-order valence-electron chi connectivity index (χ0n) is 8.04. The van der Waals surface area contributed by atoms with E-state index in [2.05, 4.69) is 0 Å². The Balaban J connectivity index is 2.93. The molecule has 0 bridgehead atoms. The van der Waals surface area contributed by atoms with E-state index in [1.54, 1.807) is 25.1 Å². The number of halogens is 2. The second-order valence-electron chi connectivity index (χ2n) is 3.05. The Morgan fingerprint density at radius 3 is 2.67 bits per heavy atom. The van der Waals surface area contributed by atoms with Gasteiger partial charge in [-0.25, -0.2) is 0 Å². The van der Waals surface area contributed by atoms with Gasteiger partial charge in [0.25, 0.3) is 0 Å². The average molecular weight is 262 g/mol. The Kier molecular flexibility index (Phi) is 4.59. The first-order valence-corrected chi connectivity index (χ1v) is 6.25. The van der Waals surface area contributed by atoms with Gasteiger partial charge < -0.3 is 0 Å². The zero-order valence-corrected chi connectivity index (χ0v) is 10.4. The fraction of sp³-hybridized carbons (Fsp3) is 0.300. The zero-order chi connectivity index (χ0) is 11.4. The quantitative estimate of drug-likeness (QED) is 0.837. The third kappa shape index (κ3) is 3.20. The van der Waals surface area contributed by atoms with Crippen molar-refractivity contribution in [1.29, 1.82) is 5.26 Å². The maximum absolute atomic E-state index is 11.9. The van der Waals surface area contributed by atoms with Crippen molar-refractivity contribution in [3.8, 4) is 6.07 Å². The molecule has 0 aromatic heterocycles. The maximum Gasteiger partial charge on any atom is 0.0634 e. The predicted octanol–water partition coefficient (Wildman–Crippen LogP) is 3.40. The summed E-state index contributed by atoms with van der Waals surface area (Å²) in [7, 11) is -1.21. The summed E-state index contributed by atoms with van der Waals surface area (Å²) in [5, 5.41) is 9.11. The van der Waals surface area contributed by atoms with E-state index in [4.69, 9.17) is 28.5 Å². The fourth-order valence-electron chi connectivity index (χ4n) is 1.04. The van der Waals surface area contributed by atoms with Crippen LogP contribution in [0.2, 0.25) is 10.0 Å². The molecular weight excluding hydrogens is 253 g/mol. The molecule has 15 heavy (non-hydrogen) atoms. The van der Waals surface area contributed by atoms with E-state index in [1.165, 1.54) is 0 Å². The lowest BCUT2D eigenvalue weighted by molar-refractivity contribution is 0.673. The summed E-state index contributed by atoms with van der Waals surface area (Å²) < 4.78 is 11.9. The molecule has 0 radical (unpaired) electrons. The van der Waals surface area contributed by atoms with Crippen LogP contribution in [0.15, 0.2) is 23.1 Å². The van der Waals surface area contributed by atoms with Gasteiger partial charge in [0.15, 0.2) is 0 Å². The molecule has 0 N–H and O–H groups in total. The van der Waals surface area contributed by atoms with Crippen molar-refractivity contribution in [3.63, 3.8) is 0 Å². The fourth-order valence-corrected chi connectivity index (χ4v) is 2.53. The lowest BCUT2D eigenvalue weighted by Gasteiger charge is -2.08. The third-order valence-electron chi connectivity index (χ3n) is 1.87. The van der Waals surface area contributed by atoms with Crippen LogP contribution in [0.5, 0.6) is 0 Å². The smallest absolute Gasteiger partial charge is 0.0634 e. The van der Waals surface area contributed by atoms with Crippen LogP contribution in [-0.4, -0.2) is 9.46 Å². The van der Waals surface area contributed by atoms with Crippen LogP contribution in [-0.2, 0) is 10.8 Å². The number of benzene rings is 1. The van der Waals surface area contributed by atoms with E-state index in [-0.39, 0.29) is 11.7 Å². The first-order chi connectivity index (χ1) is 7.06. The molecule has 2 atom stereocenters. The van der Waals surface area contributed by atoms with Crippen LogP contribution in [0.4, 0.5) is 0 Å². The third-order valence-corrected chi connectivity index (χ3v) is 4.22. The summed E-state index contributed by atoms with van der Waals surface area (Å²) in [5.41, 5.74) is 0. The van der Waals surface area contributed by atoms with Gasteiger partial charge in [0.1, 0.15) is 0 Å². The average Bonchev–Trinajstić information content (AvgIpc) is 2.21. The van der Waals surface area contributed by atoms with Gasteiger partial charge in [-0.1, -0.05) is 23.2 Å². The van der Waals surface area contributed by atoms with Gasteiger partial charge in [-0.05, 0) is 25.1 Å². The second kappa shape index (κ2) is 5.50. The van der Waals surface area contributed by atoms with Crippen molar-refractivity contribution >= 4 is 34.0 Å². The van der Waals surface area contributed by atoms with Crippen molar-refractivity contribution in [2.45, 2.75) is 23.5 Å².